The van der Waals surface area contributed by atoms with Crippen LogP contribution in [-0.4, -0.2) is 50.9 Å². The summed E-state index contributed by atoms with van der Waals surface area (Å²) in [6, 6.07) is 14.4. The fourth-order valence-corrected chi connectivity index (χ4v) is 5.74. The molecule has 1 atom stereocenters. The molecule has 1 N–H and O–H groups in total. The number of carbonyl (C=O) groups is 2. The van der Waals surface area contributed by atoms with Gasteiger partial charge in [-0.2, -0.15) is 0 Å². The number of ether oxygens (including phenoxy) is 1. The molecule has 0 aliphatic rings. The van der Waals surface area contributed by atoms with Crippen molar-refractivity contribution >= 4 is 50.7 Å². The Labute approximate surface area is 256 Å². The van der Waals surface area contributed by atoms with Crippen LogP contribution in [0.1, 0.15) is 33.3 Å². The Morgan fingerprint density at radius 1 is 0.952 bits per heavy atom. The maximum Gasteiger partial charge on any atom is 0.264 e. The third-order valence-electron chi connectivity index (χ3n) is 6.30. The summed E-state index contributed by atoms with van der Waals surface area (Å²) in [5, 5.41) is 3.41. The molecule has 0 aromatic heterocycles. The molecule has 2 amide bonds. The zero-order valence-electron chi connectivity index (χ0n) is 23.8. The molecule has 0 heterocycles. The molecule has 8 nitrogen and oxygen atoms in total. The Balaban J connectivity index is 2.02. The van der Waals surface area contributed by atoms with Crippen LogP contribution in [0.25, 0.3) is 0 Å². The zero-order chi connectivity index (χ0) is 31.0. The van der Waals surface area contributed by atoms with Gasteiger partial charge in [0.15, 0.2) is 0 Å². The van der Waals surface area contributed by atoms with E-state index in [1.165, 1.54) is 41.3 Å². The highest BCUT2D eigenvalue weighted by molar-refractivity contribution is 7.92. The number of rotatable bonds is 13. The molecule has 3 aromatic carbocycles. The first kappa shape index (κ1) is 33.2. The number of anilines is 1. The van der Waals surface area contributed by atoms with Crippen molar-refractivity contribution in [2.45, 2.75) is 45.2 Å². The lowest BCUT2D eigenvalue weighted by Crippen LogP contribution is -2.51. The summed E-state index contributed by atoms with van der Waals surface area (Å²) in [7, 11) is -4.31. The number of nitrogens with zero attached hydrogens (tertiary/aromatic N) is 2. The molecule has 3 aromatic rings. The van der Waals surface area contributed by atoms with Crippen molar-refractivity contribution in [2.24, 2.45) is 5.92 Å². The van der Waals surface area contributed by atoms with Gasteiger partial charge in [0, 0.05) is 13.1 Å². The van der Waals surface area contributed by atoms with Crippen molar-refractivity contribution < 1.29 is 27.1 Å². The van der Waals surface area contributed by atoms with Crippen molar-refractivity contribution in [3.63, 3.8) is 0 Å². The molecule has 0 radical (unpaired) electrons. The Morgan fingerprint density at radius 3 is 2.17 bits per heavy atom. The quantitative estimate of drug-likeness (QED) is 0.251. The van der Waals surface area contributed by atoms with E-state index in [4.69, 9.17) is 27.9 Å². The summed E-state index contributed by atoms with van der Waals surface area (Å²) in [6.45, 7) is 7.34. The summed E-state index contributed by atoms with van der Waals surface area (Å²) >= 11 is 12.3. The second-order valence-electron chi connectivity index (χ2n) is 9.98. The maximum absolute atomic E-state index is 13.9. The standard InChI is InChI=1S/C30H34Cl2FN3O5S/c1-5-41-25-11-13-26(14-12-25)42(39,40)36(24-9-7-23(33)8-10-24)19-29(37)35(21(4)30(38)34-17-20(2)3)18-22-6-15-27(31)28(32)16-22/h6-16,20-21H,5,17-19H2,1-4H3,(H,34,38). The van der Waals surface area contributed by atoms with Crippen LogP contribution < -0.4 is 14.4 Å². The highest BCUT2D eigenvalue weighted by Crippen LogP contribution is 2.27. The average molecular weight is 639 g/mol. The van der Waals surface area contributed by atoms with E-state index in [1.54, 1.807) is 32.0 Å². The number of carbonyl (C=O) groups excluding carboxylic acids is 2. The molecule has 226 valence electrons. The number of sulfonamides is 1. The van der Waals surface area contributed by atoms with E-state index in [9.17, 15) is 22.4 Å². The van der Waals surface area contributed by atoms with Crippen LogP contribution in [0.5, 0.6) is 5.75 Å². The van der Waals surface area contributed by atoms with Crippen LogP contribution in [0.2, 0.25) is 10.0 Å². The predicted octanol–water partition coefficient (Wildman–Crippen LogP) is 5.92. The average Bonchev–Trinajstić information content (AvgIpc) is 2.95. The molecule has 3 rings (SSSR count). The summed E-state index contributed by atoms with van der Waals surface area (Å²) in [5.41, 5.74) is 0.661. The lowest BCUT2D eigenvalue weighted by molar-refractivity contribution is -0.139. The third-order valence-corrected chi connectivity index (χ3v) is 8.83. The van der Waals surface area contributed by atoms with Gasteiger partial charge >= 0.3 is 0 Å². The Kier molecular flexibility index (Phi) is 11.6. The summed E-state index contributed by atoms with van der Waals surface area (Å²) in [5.74, 6) is -0.976. The van der Waals surface area contributed by atoms with Crippen LogP contribution in [0.15, 0.2) is 71.6 Å². The molecule has 0 aliphatic heterocycles. The number of benzene rings is 3. The van der Waals surface area contributed by atoms with Crippen LogP contribution in [0.4, 0.5) is 10.1 Å². The van der Waals surface area contributed by atoms with Crippen molar-refractivity contribution in [3.8, 4) is 5.75 Å². The Hall–Kier alpha value is -3.34. The molecule has 42 heavy (non-hydrogen) atoms. The fourth-order valence-electron chi connectivity index (χ4n) is 4.01. The minimum Gasteiger partial charge on any atom is -0.494 e. The highest BCUT2D eigenvalue weighted by Gasteiger charge is 2.32. The number of amides is 2. The number of nitrogens with one attached hydrogen (secondary N) is 1. The van der Waals surface area contributed by atoms with Gasteiger partial charge in [-0.1, -0.05) is 43.1 Å². The van der Waals surface area contributed by atoms with Crippen molar-refractivity contribution in [3.05, 3.63) is 88.2 Å². The van der Waals surface area contributed by atoms with Gasteiger partial charge in [-0.25, -0.2) is 12.8 Å². The highest BCUT2D eigenvalue weighted by atomic mass is 35.5. The van der Waals surface area contributed by atoms with Crippen LogP contribution >= 0.6 is 23.2 Å². The van der Waals surface area contributed by atoms with E-state index in [0.717, 1.165) is 16.4 Å². The summed E-state index contributed by atoms with van der Waals surface area (Å²) in [6.07, 6.45) is 0. The largest absolute Gasteiger partial charge is 0.494 e. The summed E-state index contributed by atoms with van der Waals surface area (Å²) < 4.78 is 47.8. The minimum absolute atomic E-state index is 0.0493. The van der Waals surface area contributed by atoms with Gasteiger partial charge in [0.05, 0.1) is 27.2 Å². The first-order chi connectivity index (χ1) is 19.8. The molecular formula is C30H34Cl2FN3O5S. The predicted molar refractivity (Wildman–Crippen MR) is 163 cm³/mol. The first-order valence-corrected chi connectivity index (χ1v) is 15.5. The van der Waals surface area contributed by atoms with E-state index >= 15 is 0 Å². The second kappa shape index (κ2) is 14.7. The van der Waals surface area contributed by atoms with Gasteiger partial charge in [-0.15, -0.1) is 0 Å². The third kappa shape index (κ3) is 8.59. The smallest absolute Gasteiger partial charge is 0.264 e. The molecular weight excluding hydrogens is 604 g/mol. The molecule has 0 saturated carbocycles. The molecule has 0 saturated heterocycles. The number of hydrogen-bond acceptors (Lipinski definition) is 5. The normalized spacial score (nSPS) is 12.1. The van der Waals surface area contributed by atoms with Crippen molar-refractivity contribution in [1.82, 2.24) is 10.2 Å². The van der Waals surface area contributed by atoms with E-state index in [2.05, 4.69) is 5.32 Å². The molecule has 0 aliphatic carbocycles. The zero-order valence-corrected chi connectivity index (χ0v) is 26.1. The van der Waals surface area contributed by atoms with Gasteiger partial charge < -0.3 is 15.0 Å². The Bertz CT molecular complexity index is 1490. The SMILES string of the molecule is CCOc1ccc(S(=O)(=O)N(CC(=O)N(Cc2ccc(Cl)c(Cl)c2)C(C)C(=O)NCC(C)C)c2ccc(F)cc2)cc1. The van der Waals surface area contributed by atoms with E-state index in [-0.39, 0.29) is 28.1 Å². The van der Waals surface area contributed by atoms with Crippen LogP contribution in [0, 0.1) is 11.7 Å². The van der Waals surface area contributed by atoms with Gasteiger partial charge in [-0.05, 0) is 86.0 Å². The molecule has 0 spiro atoms. The van der Waals surface area contributed by atoms with Gasteiger partial charge in [0.2, 0.25) is 11.8 Å². The van der Waals surface area contributed by atoms with Gasteiger partial charge in [0.25, 0.3) is 10.0 Å². The monoisotopic (exact) mass is 637 g/mol. The van der Waals surface area contributed by atoms with Crippen molar-refractivity contribution in [2.75, 3.05) is 24.0 Å². The molecule has 0 bridgehead atoms. The van der Waals surface area contributed by atoms with E-state index in [0.29, 0.717) is 29.5 Å². The topological polar surface area (TPSA) is 96.0 Å². The van der Waals surface area contributed by atoms with E-state index in [1.807, 2.05) is 13.8 Å². The van der Waals surface area contributed by atoms with Crippen molar-refractivity contribution in [1.29, 1.82) is 0 Å². The van der Waals surface area contributed by atoms with Gasteiger partial charge in [0.1, 0.15) is 24.2 Å². The minimum atomic E-state index is -4.31. The van der Waals surface area contributed by atoms with Crippen LogP contribution in [0.3, 0.4) is 0 Å². The molecule has 12 heteroatoms. The number of halogens is 3. The Morgan fingerprint density at radius 2 is 1.60 bits per heavy atom. The number of hydrogen-bond donors (Lipinski definition) is 1. The lowest BCUT2D eigenvalue weighted by atomic mass is 10.1. The van der Waals surface area contributed by atoms with Crippen LogP contribution in [-0.2, 0) is 26.2 Å². The fraction of sp³-hybridized carbons (Fsp3) is 0.333. The molecule has 1 unspecified atom stereocenters. The summed E-state index contributed by atoms with van der Waals surface area (Å²) in [4.78, 5) is 28.2. The first-order valence-electron chi connectivity index (χ1n) is 13.4. The second-order valence-corrected chi connectivity index (χ2v) is 12.7. The van der Waals surface area contributed by atoms with Gasteiger partial charge in [-0.3, -0.25) is 13.9 Å². The molecule has 0 fully saturated rings. The lowest BCUT2D eigenvalue weighted by Gasteiger charge is -2.32. The van der Waals surface area contributed by atoms with E-state index < -0.39 is 40.2 Å². The maximum atomic E-state index is 13.9.